The highest BCUT2D eigenvalue weighted by atomic mass is 79.9. The smallest absolute Gasteiger partial charge is 0.0970 e. The summed E-state index contributed by atoms with van der Waals surface area (Å²) in [5.41, 5.74) is 2.68. The van der Waals surface area contributed by atoms with Gasteiger partial charge in [0.05, 0.1) is 12.9 Å². The second-order valence-corrected chi connectivity index (χ2v) is 5.66. The first kappa shape index (κ1) is 15.4. The summed E-state index contributed by atoms with van der Waals surface area (Å²) in [4.78, 5) is 0. The SMILES string of the molecule is Clc1ccccc1C(=COCCBr)c1ccccc1Cl. The van der Waals surface area contributed by atoms with Gasteiger partial charge in [0.15, 0.2) is 0 Å². The standard InChI is InChI=1S/C16H13BrCl2O/c17-9-10-20-11-14(12-5-1-3-7-15(12)18)13-6-2-4-8-16(13)19/h1-8,11H,9-10H2. The van der Waals surface area contributed by atoms with Crippen molar-refractivity contribution in [1.82, 2.24) is 0 Å². The maximum Gasteiger partial charge on any atom is 0.0970 e. The van der Waals surface area contributed by atoms with Gasteiger partial charge < -0.3 is 4.74 Å². The minimum Gasteiger partial charge on any atom is -0.500 e. The maximum absolute atomic E-state index is 6.29. The van der Waals surface area contributed by atoms with E-state index in [4.69, 9.17) is 27.9 Å². The van der Waals surface area contributed by atoms with Gasteiger partial charge in [-0.1, -0.05) is 75.5 Å². The molecule has 0 heterocycles. The molecule has 0 saturated carbocycles. The lowest BCUT2D eigenvalue weighted by Gasteiger charge is -2.12. The van der Waals surface area contributed by atoms with Crippen LogP contribution in [-0.4, -0.2) is 11.9 Å². The van der Waals surface area contributed by atoms with E-state index >= 15 is 0 Å². The van der Waals surface area contributed by atoms with E-state index in [2.05, 4.69) is 15.9 Å². The molecule has 0 unspecified atom stereocenters. The van der Waals surface area contributed by atoms with E-state index in [1.807, 2.05) is 48.5 Å². The van der Waals surface area contributed by atoms with Crippen LogP contribution >= 0.6 is 39.1 Å². The van der Waals surface area contributed by atoms with Crippen molar-refractivity contribution in [3.05, 3.63) is 76.0 Å². The van der Waals surface area contributed by atoms with Gasteiger partial charge in [0.25, 0.3) is 0 Å². The first-order chi connectivity index (χ1) is 9.74. The number of halogens is 3. The number of rotatable bonds is 5. The molecule has 4 heteroatoms. The third kappa shape index (κ3) is 3.78. The summed E-state index contributed by atoms with van der Waals surface area (Å²) in [6.45, 7) is 0.582. The number of hydrogen-bond acceptors (Lipinski definition) is 1. The lowest BCUT2D eigenvalue weighted by Crippen LogP contribution is -1.94. The molecule has 0 atom stereocenters. The molecule has 104 valence electrons. The van der Waals surface area contributed by atoms with Crippen LogP contribution in [0.25, 0.3) is 5.57 Å². The van der Waals surface area contributed by atoms with Crippen LogP contribution in [0.1, 0.15) is 11.1 Å². The molecular weight excluding hydrogens is 359 g/mol. The summed E-state index contributed by atoms with van der Waals surface area (Å²) in [6, 6.07) is 15.3. The fourth-order valence-electron chi connectivity index (χ4n) is 1.82. The van der Waals surface area contributed by atoms with Crippen molar-refractivity contribution in [3.63, 3.8) is 0 Å². The third-order valence-electron chi connectivity index (χ3n) is 2.72. The van der Waals surface area contributed by atoms with Crippen molar-refractivity contribution in [2.45, 2.75) is 0 Å². The Kier molecular flexibility index (Phi) is 5.96. The molecule has 2 rings (SSSR count). The Labute approximate surface area is 137 Å². The molecule has 0 fully saturated rings. The number of hydrogen-bond donors (Lipinski definition) is 0. The van der Waals surface area contributed by atoms with Crippen molar-refractivity contribution in [1.29, 1.82) is 0 Å². The van der Waals surface area contributed by atoms with Crippen LogP contribution in [0, 0.1) is 0 Å². The average molecular weight is 372 g/mol. The molecule has 0 aliphatic carbocycles. The summed E-state index contributed by atoms with van der Waals surface area (Å²) in [6.07, 6.45) is 1.71. The molecule has 0 amide bonds. The van der Waals surface area contributed by atoms with E-state index in [1.54, 1.807) is 6.26 Å². The molecule has 0 aromatic heterocycles. The highest BCUT2D eigenvalue weighted by Gasteiger charge is 2.12. The summed E-state index contributed by atoms with van der Waals surface area (Å²) >= 11 is 15.9. The number of alkyl halides is 1. The predicted molar refractivity (Wildman–Crippen MR) is 89.7 cm³/mol. The van der Waals surface area contributed by atoms with Gasteiger partial charge in [-0.3, -0.25) is 0 Å². The fourth-order valence-corrected chi connectivity index (χ4v) is 2.48. The minimum absolute atomic E-state index is 0.582. The monoisotopic (exact) mass is 370 g/mol. The molecule has 0 aliphatic heterocycles. The van der Waals surface area contributed by atoms with Crippen LogP contribution in [0.5, 0.6) is 0 Å². The molecule has 0 spiro atoms. The topological polar surface area (TPSA) is 9.23 Å². The summed E-state index contributed by atoms with van der Waals surface area (Å²) in [7, 11) is 0. The van der Waals surface area contributed by atoms with E-state index in [-0.39, 0.29) is 0 Å². The molecule has 0 saturated heterocycles. The molecule has 0 bridgehead atoms. The van der Waals surface area contributed by atoms with Crippen molar-refractivity contribution < 1.29 is 4.74 Å². The zero-order valence-electron chi connectivity index (χ0n) is 10.7. The van der Waals surface area contributed by atoms with Crippen LogP contribution in [0.4, 0.5) is 0 Å². The van der Waals surface area contributed by atoms with E-state index < -0.39 is 0 Å². The zero-order valence-corrected chi connectivity index (χ0v) is 13.8. The molecule has 20 heavy (non-hydrogen) atoms. The van der Waals surface area contributed by atoms with Gasteiger partial charge in [-0.2, -0.15) is 0 Å². The normalized spacial score (nSPS) is 10.2. The molecule has 2 aromatic carbocycles. The minimum atomic E-state index is 0.582. The highest BCUT2D eigenvalue weighted by molar-refractivity contribution is 9.09. The van der Waals surface area contributed by atoms with Crippen molar-refractivity contribution in [2.75, 3.05) is 11.9 Å². The van der Waals surface area contributed by atoms with Gasteiger partial charge in [0, 0.05) is 32.1 Å². The lowest BCUT2D eigenvalue weighted by molar-refractivity contribution is 0.275. The molecular formula is C16H13BrCl2O. The van der Waals surface area contributed by atoms with E-state index in [0.717, 1.165) is 22.0 Å². The van der Waals surface area contributed by atoms with Crippen LogP contribution in [-0.2, 0) is 4.74 Å². The predicted octanol–water partition coefficient (Wildman–Crippen LogP) is 5.79. The quantitative estimate of drug-likeness (QED) is 0.367. The van der Waals surface area contributed by atoms with Crippen molar-refractivity contribution in [3.8, 4) is 0 Å². The molecule has 0 aliphatic rings. The second-order valence-electron chi connectivity index (χ2n) is 4.05. The van der Waals surface area contributed by atoms with Crippen LogP contribution in [0.3, 0.4) is 0 Å². The van der Waals surface area contributed by atoms with Gasteiger partial charge in [0.1, 0.15) is 0 Å². The lowest BCUT2D eigenvalue weighted by atomic mass is 9.99. The molecule has 0 radical (unpaired) electrons. The van der Waals surface area contributed by atoms with Gasteiger partial charge in [-0.05, 0) is 12.1 Å². The Morgan fingerprint density at radius 2 is 1.45 bits per heavy atom. The third-order valence-corrected chi connectivity index (χ3v) is 3.71. The Morgan fingerprint density at radius 1 is 0.950 bits per heavy atom. The van der Waals surface area contributed by atoms with Crippen LogP contribution in [0.2, 0.25) is 10.0 Å². The zero-order chi connectivity index (χ0) is 14.4. The van der Waals surface area contributed by atoms with E-state index in [1.165, 1.54) is 0 Å². The Balaban J connectivity index is 2.49. The second kappa shape index (κ2) is 7.72. The largest absolute Gasteiger partial charge is 0.500 e. The van der Waals surface area contributed by atoms with Gasteiger partial charge in [-0.25, -0.2) is 0 Å². The summed E-state index contributed by atoms with van der Waals surface area (Å²) < 4.78 is 5.54. The van der Waals surface area contributed by atoms with E-state index in [0.29, 0.717) is 16.7 Å². The van der Waals surface area contributed by atoms with Crippen LogP contribution < -0.4 is 0 Å². The first-order valence-corrected chi connectivity index (χ1v) is 7.99. The highest BCUT2D eigenvalue weighted by Crippen LogP contribution is 2.33. The summed E-state index contributed by atoms with van der Waals surface area (Å²) in [5.74, 6) is 0. The van der Waals surface area contributed by atoms with Crippen molar-refractivity contribution in [2.24, 2.45) is 0 Å². The average Bonchev–Trinajstić information content (AvgIpc) is 2.46. The summed E-state index contributed by atoms with van der Waals surface area (Å²) in [5, 5.41) is 2.10. The van der Waals surface area contributed by atoms with Gasteiger partial charge in [0.2, 0.25) is 0 Å². The van der Waals surface area contributed by atoms with E-state index in [9.17, 15) is 0 Å². The molecule has 0 N–H and O–H groups in total. The van der Waals surface area contributed by atoms with Gasteiger partial charge in [-0.15, -0.1) is 0 Å². The fraction of sp³-hybridized carbons (Fsp3) is 0.125. The Hall–Kier alpha value is -0.960. The van der Waals surface area contributed by atoms with Gasteiger partial charge >= 0.3 is 0 Å². The molecule has 1 nitrogen and oxygen atoms in total. The Morgan fingerprint density at radius 3 is 1.90 bits per heavy atom. The maximum atomic E-state index is 6.29. The van der Waals surface area contributed by atoms with Crippen molar-refractivity contribution >= 4 is 44.7 Å². The molecule has 2 aromatic rings. The Bertz CT molecular complexity index is 563. The number of benzene rings is 2. The van der Waals surface area contributed by atoms with Crippen LogP contribution in [0.15, 0.2) is 54.8 Å². The first-order valence-electron chi connectivity index (χ1n) is 6.11. The number of ether oxygens (including phenoxy) is 1.